The third kappa shape index (κ3) is 4.37. The first kappa shape index (κ1) is 16.6. The minimum Gasteiger partial charge on any atom is -0.325 e. The Morgan fingerprint density at radius 1 is 1.36 bits per heavy atom. The van der Waals surface area contributed by atoms with Gasteiger partial charge in [0.15, 0.2) is 0 Å². The van der Waals surface area contributed by atoms with Gasteiger partial charge in [0.05, 0.1) is 0 Å². The Labute approximate surface area is 135 Å². The third-order valence-corrected chi connectivity index (χ3v) is 4.32. The van der Waals surface area contributed by atoms with Crippen molar-refractivity contribution in [1.29, 1.82) is 0 Å². The molecule has 0 fully saturated rings. The van der Waals surface area contributed by atoms with Crippen LogP contribution in [0.15, 0.2) is 29.6 Å². The molecule has 6 heteroatoms. The summed E-state index contributed by atoms with van der Waals surface area (Å²) in [6, 6.07) is 7.93. The van der Waals surface area contributed by atoms with Crippen LogP contribution < -0.4 is 11.1 Å². The molecule has 0 aliphatic carbocycles. The van der Waals surface area contributed by atoms with E-state index in [1.54, 1.807) is 5.38 Å². The fraction of sp³-hybridized carbons (Fsp3) is 0.375. The summed E-state index contributed by atoms with van der Waals surface area (Å²) in [6.45, 7) is 7.54. The molecule has 1 aromatic carbocycles. The van der Waals surface area contributed by atoms with E-state index in [0.29, 0.717) is 12.2 Å². The second-order valence-electron chi connectivity index (χ2n) is 4.95. The highest BCUT2D eigenvalue weighted by Crippen LogP contribution is 2.15. The largest absolute Gasteiger partial charge is 0.325 e. The SMILES string of the molecule is CCN(CC)Cc1cccc(NC(=O)c2csc(CN)n2)c1. The summed E-state index contributed by atoms with van der Waals surface area (Å²) in [4.78, 5) is 18.7. The molecule has 0 bridgehead atoms. The van der Waals surface area contributed by atoms with Crippen molar-refractivity contribution in [3.8, 4) is 0 Å². The number of nitrogens with one attached hydrogen (secondary N) is 1. The van der Waals surface area contributed by atoms with Gasteiger partial charge in [-0.2, -0.15) is 0 Å². The molecular weight excluding hydrogens is 296 g/mol. The predicted octanol–water partition coefficient (Wildman–Crippen LogP) is 2.70. The lowest BCUT2D eigenvalue weighted by molar-refractivity contribution is 0.102. The molecule has 0 saturated carbocycles. The van der Waals surface area contributed by atoms with Gasteiger partial charge >= 0.3 is 0 Å². The quantitative estimate of drug-likeness (QED) is 0.823. The van der Waals surface area contributed by atoms with Gasteiger partial charge in [0, 0.05) is 24.2 Å². The molecule has 0 spiro atoms. The van der Waals surface area contributed by atoms with E-state index >= 15 is 0 Å². The first-order chi connectivity index (χ1) is 10.7. The second-order valence-corrected chi connectivity index (χ2v) is 5.89. The Morgan fingerprint density at radius 2 is 2.14 bits per heavy atom. The Hall–Kier alpha value is -1.76. The first-order valence-electron chi connectivity index (χ1n) is 7.43. The lowest BCUT2D eigenvalue weighted by atomic mass is 10.2. The minimum atomic E-state index is -0.198. The maximum Gasteiger partial charge on any atom is 0.275 e. The summed E-state index contributed by atoms with van der Waals surface area (Å²) in [5, 5.41) is 5.39. The van der Waals surface area contributed by atoms with Crippen LogP contribution in [-0.4, -0.2) is 28.9 Å². The lowest BCUT2D eigenvalue weighted by Crippen LogP contribution is -2.22. The van der Waals surface area contributed by atoms with Crippen molar-refractivity contribution in [3.05, 3.63) is 45.9 Å². The second kappa shape index (κ2) is 8.03. The van der Waals surface area contributed by atoms with Crippen molar-refractivity contribution in [3.63, 3.8) is 0 Å². The number of thiazole rings is 1. The fourth-order valence-electron chi connectivity index (χ4n) is 2.16. The number of rotatable bonds is 7. The van der Waals surface area contributed by atoms with E-state index in [1.807, 2.05) is 18.2 Å². The molecule has 0 saturated heterocycles. The molecule has 1 aromatic heterocycles. The monoisotopic (exact) mass is 318 g/mol. The molecule has 2 aromatic rings. The molecule has 22 heavy (non-hydrogen) atoms. The first-order valence-corrected chi connectivity index (χ1v) is 8.31. The Bertz CT molecular complexity index is 622. The van der Waals surface area contributed by atoms with Gasteiger partial charge in [-0.15, -0.1) is 11.3 Å². The minimum absolute atomic E-state index is 0.198. The highest BCUT2D eigenvalue weighted by Gasteiger charge is 2.11. The molecule has 5 nitrogen and oxygen atoms in total. The van der Waals surface area contributed by atoms with Crippen LogP contribution >= 0.6 is 11.3 Å². The van der Waals surface area contributed by atoms with E-state index in [2.05, 4.69) is 35.1 Å². The molecule has 0 atom stereocenters. The van der Waals surface area contributed by atoms with E-state index in [1.165, 1.54) is 16.9 Å². The van der Waals surface area contributed by atoms with Gasteiger partial charge in [-0.3, -0.25) is 9.69 Å². The standard InChI is InChI=1S/C16H22N4OS/c1-3-20(4-2)10-12-6-5-7-13(8-12)18-16(21)14-11-22-15(9-17)19-14/h5-8,11H,3-4,9-10,17H2,1-2H3,(H,18,21). The number of carbonyl (C=O) groups is 1. The van der Waals surface area contributed by atoms with Gasteiger partial charge in [-0.05, 0) is 30.8 Å². The summed E-state index contributed by atoms with van der Waals surface area (Å²) < 4.78 is 0. The molecule has 3 N–H and O–H groups in total. The zero-order valence-corrected chi connectivity index (χ0v) is 13.8. The number of benzene rings is 1. The van der Waals surface area contributed by atoms with E-state index in [9.17, 15) is 4.79 Å². The normalized spacial score (nSPS) is 10.9. The van der Waals surface area contributed by atoms with Crippen molar-refractivity contribution in [2.75, 3.05) is 18.4 Å². The fourth-order valence-corrected chi connectivity index (χ4v) is 2.81. The molecule has 1 heterocycles. The van der Waals surface area contributed by atoms with Crippen molar-refractivity contribution in [2.24, 2.45) is 5.73 Å². The average molecular weight is 318 g/mol. The average Bonchev–Trinajstić information content (AvgIpc) is 3.02. The zero-order valence-electron chi connectivity index (χ0n) is 13.0. The number of aromatic nitrogens is 1. The van der Waals surface area contributed by atoms with E-state index < -0.39 is 0 Å². The number of nitrogens with zero attached hydrogens (tertiary/aromatic N) is 2. The smallest absolute Gasteiger partial charge is 0.275 e. The van der Waals surface area contributed by atoms with E-state index in [-0.39, 0.29) is 5.91 Å². The van der Waals surface area contributed by atoms with Gasteiger partial charge in [0.1, 0.15) is 10.7 Å². The molecular formula is C16H22N4OS. The van der Waals surface area contributed by atoms with Gasteiger partial charge < -0.3 is 11.1 Å². The Kier molecular flexibility index (Phi) is 6.06. The number of amides is 1. The third-order valence-electron chi connectivity index (χ3n) is 3.44. The molecule has 0 aliphatic rings. The van der Waals surface area contributed by atoms with Gasteiger partial charge in [0.2, 0.25) is 0 Å². The summed E-state index contributed by atoms with van der Waals surface area (Å²) in [5.41, 5.74) is 7.91. The van der Waals surface area contributed by atoms with Crippen LogP contribution in [-0.2, 0) is 13.1 Å². The predicted molar refractivity (Wildman–Crippen MR) is 91.0 cm³/mol. The number of nitrogens with two attached hydrogens (primary N) is 1. The van der Waals surface area contributed by atoms with Crippen LogP contribution in [0, 0.1) is 0 Å². The summed E-state index contributed by atoms with van der Waals surface area (Å²) in [6.07, 6.45) is 0. The van der Waals surface area contributed by atoms with Crippen LogP contribution in [0.1, 0.15) is 34.9 Å². The van der Waals surface area contributed by atoms with Crippen LogP contribution in [0.25, 0.3) is 0 Å². The lowest BCUT2D eigenvalue weighted by Gasteiger charge is -2.18. The van der Waals surface area contributed by atoms with Crippen molar-refractivity contribution < 1.29 is 4.79 Å². The van der Waals surface area contributed by atoms with Gasteiger partial charge in [-0.1, -0.05) is 26.0 Å². The number of hydrogen-bond acceptors (Lipinski definition) is 5. The maximum absolute atomic E-state index is 12.2. The van der Waals surface area contributed by atoms with E-state index in [4.69, 9.17) is 5.73 Å². The topological polar surface area (TPSA) is 71.2 Å². The van der Waals surface area contributed by atoms with Crippen LogP contribution in [0.2, 0.25) is 0 Å². The van der Waals surface area contributed by atoms with E-state index in [0.717, 1.165) is 30.3 Å². The molecule has 118 valence electrons. The molecule has 0 unspecified atom stereocenters. The maximum atomic E-state index is 12.2. The van der Waals surface area contributed by atoms with Crippen LogP contribution in [0.5, 0.6) is 0 Å². The highest BCUT2D eigenvalue weighted by atomic mass is 32.1. The molecule has 2 rings (SSSR count). The number of carbonyl (C=O) groups excluding carboxylic acids is 1. The summed E-state index contributed by atoms with van der Waals surface area (Å²) in [7, 11) is 0. The Balaban J connectivity index is 2.04. The number of hydrogen-bond donors (Lipinski definition) is 2. The van der Waals surface area contributed by atoms with Gasteiger partial charge in [0.25, 0.3) is 5.91 Å². The molecule has 0 aliphatic heterocycles. The van der Waals surface area contributed by atoms with Crippen LogP contribution in [0.3, 0.4) is 0 Å². The summed E-state index contributed by atoms with van der Waals surface area (Å²) in [5.74, 6) is -0.198. The number of anilines is 1. The van der Waals surface area contributed by atoms with Crippen molar-refractivity contribution in [2.45, 2.75) is 26.9 Å². The Morgan fingerprint density at radius 3 is 2.77 bits per heavy atom. The van der Waals surface area contributed by atoms with Crippen molar-refractivity contribution >= 4 is 22.9 Å². The summed E-state index contributed by atoms with van der Waals surface area (Å²) >= 11 is 1.40. The van der Waals surface area contributed by atoms with Gasteiger partial charge in [-0.25, -0.2) is 4.98 Å². The van der Waals surface area contributed by atoms with Crippen molar-refractivity contribution in [1.82, 2.24) is 9.88 Å². The highest BCUT2D eigenvalue weighted by molar-refractivity contribution is 7.09. The zero-order chi connectivity index (χ0) is 15.9. The molecule has 0 radical (unpaired) electrons. The van der Waals surface area contributed by atoms with Crippen LogP contribution in [0.4, 0.5) is 5.69 Å². The molecule has 1 amide bonds.